The highest BCUT2D eigenvalue weighted by Gasteiger charge is 2.14. The summed E-state index contributed by atoms with van der Waals surface area (Å²) in [6.07, 6.45) is 0.942. The van der Waals surface area contributed by atoms with Crippen LogP contribution in [0.5, 0.6) is 17.2 Å². The van der Waals surface area contributed by atoms with Gasteiger partial charge in [0.25, 0.3) is 0 Å². The fraction of sp³-hybridized carbons (Fsp3) is 0.250. The van der Waals surface area contributed by atoms with Crippen molar-refractivity contribution in [1.82, 2.24) is 15.5 Å². The van der Waals surface area contributed by atoms with Crippen LogP contribution in [-0.2, 0) is 17.8 Å². The molecule has 0 unspecified atom stereocenters. The third kappa shape index (κ3) is 4.06. The molecule has 1 aliphatic rings. The molecule has 0 spiro atoms. The Morgan fingerprint density at radius 3 is 2.96 bits per heavy atom. The quantitative estimate of drug-likeness (QED) is 0.672. The second-order valence-corrected chi connectivity index (χ2v) is 6.21. The second kappa shape index (κ2) is 7.99. The van der Waals surface area contributed by atoms with E-state index in [1.54, 1.807) is 7.11 Å². The number of methoxy groups -OCH3 is 1. The number of ether oxygens (including phenoxy) is 3. The van der Waals surface area contributed by atoms with E-state index < -0.39 is 0 Å². The van der Waals surface area contributed by atoms with Gasteiger partial charge in [0, 0.05) is 12.0 Å². The molecule has 0 radical (unpaired) electrons. The molecule has 1 amide bonds. The van der Waals surface area contributed by atoms with E-state index in [0.29, 0.717) is 36.1 Å². The molecule has 1 aromatic heterocycles. The van der Waals surface area contributed by atoms with Crippen LogP contribution in [0.2, 0.25) is 0 Å². The summed E-state index contributed by atoms with van der Waals surface area (Å²) in [4.78, 5) is 16.4. The first kappa shape index (κ1) is 17.8. The number of aromatic nitrogens is 2. The number of fused-ring (bicyclic) bond motifs is 1. The molecule has 28 heavy (non-hydrogen) atoms. The average molecular weight is 381 g/mol. The Kier molecular flexibility index (Phi) is 5.09. The maximum Gasteiger partial charge on any atom is 0.246 e. The van der Waals surface area contributed by atoms with Gasteiger partial charge in [-0.3, -0.25) is 4.79 Å². The van der Waals surface area contributed by atoms with Crippen LogP contribution in [0, 0.1) is 0 Å². The Bertz CT molecular complexity index is 985. The first-order valence-electron chi connectivity index (χ1n) is 8.83. The number of nitrogens with zero attached hydrogens (tertiary/aromatic N) is 2. The van der Waals surface area contributed by atoms with Crippen molar-refractivity contribution in [3.63, 3.8) is 0 Å². The van der Waals surface area contributed by atoms with E-state index in [1.165, 1.54) is 0 Å². The summed E-state index contributed by atoms with van der Waals surface area (Å²) in [5.41, 5.74) is 1.79. The van der Waals surface area contributed by atoms with E-state index in [1.807, 2.05) is 42.5 Å². The van der Waals surface area contributed by atoms with Crippen molar-refractivity contribution in [1.29, 1.82) is 0 Å². The maximum absolute atomic E-state index is 12.1. The summed E-state index contributed by atoms with van der Waals surface area (Å²) < 4.78 is 21.0. The van der Waals surface area contributed by atoms with Gasteiger partial charge in [0.2, 0.25) is 24.4 Å². The predicted molar refractivity (Wildman–Crippen MR) is 99.0 cm³/mol. The number of hydrogen-bond acceptors (Lipinski definition) is 7. The smallest absolute Gasteiger partial charge is 0.246 e. The van der Waals surface area contributed by atoms with Gasteiger partial charge >= 0.3 is 0 Å². The topological polar surface area (TPSA) is 95.7 Å². The molecule has 0 atom stereocenters. The molecular formula is C20H19N3O5. The summed E-state index contributed by atoms with van der Waals surface area (Å²) in [5, 5.41) is 6.74. The lowest BCUT2D eigenvalue weighted by Gasteiger charge is -2.04. The Balaban J connectivity index is 1.28. The highest BCUT2D eigenvalue weighted by atomic mass is 16.7. The Morgan fingerprint density at radius 1 is 1.18 bits per heavy atom. The minimum absolute atomic E-state index is 0.0983. The van der Waals surface area contributed by atoms with Gasteiger partial charge < -0.3 is 24.1 Å². The van der Waals surface area contributed by atoms with Crippen LogP contribution in [0.25, 0.3) is 11.4 Å². The van der Waals surface area contributed by atoms with Gasteiger partial charge in [-0.05, 0) is 36.2 Å². The molecule has 2 heterocycles. The first-order chi connectivity index (χ1) is 13.7. The lowest BCUT2D eigenvalue weighted by molar-refractivity contribution is -0.121. The molecule has 0 aliphatic carbocycles. The van der Waals surface area contributed by atoms with Gasteiger partial charge in [-0.15, -0.1) is 0 Å². The molecule has 144 valence electrons. The van der Waals surface area contributed by atoms with Crippen molar-refractivity contribution in [3.8, 4) is 28.6 Å². The fourth-order valence-corrected chi connectivity index (χ4v) is 2.82. The SMILES string of the molecule is COc1cccc(-c2noc(CNC(=O)CCc3ccc4c(c3)OCO4)n2)c1. The van der Waals surface area contributed by atoms with E-state index in [2.05, 4.69) is 15.5 Å². The molecule has 1 N–H and O–H groups in total. The number of benzene rings is 2. The van der Waals surface area contributed by atoms with E-state index in [0.717, 1.165) is 16.9 Å². The first-order valence-corrected chi connectivity index (χ1v) is 8.83. The molecule has 0 saturated carbocycles. The van der Waals surface area contributed by atoms with E-state index in [-0.39, 0.29) is 19.2 Å². The highest BCUT2D eigenvalue weighted by Crippen LogP contribution is 2.32. The normalized spacial score (nSPS) is 12.0. The Labute approximate surface area is 161 Å². The van der Waals surface area contributed by atoms with Crippen molar-refractivity contribution in [3.05, 3.63) is 53.9 Å². The van der Waals surface area contributed by atoms with E-state index >= 15 is 0 Å². The van der Waals surface area contributed by atoms with Crippen LogP contribution < -0.4 is 19.5 Å². The number of carbonyl (C=O) groups excluding carboxylic acids is 1. The molecule has 0 fully saturated rings. The minimum Gasteiger partial charge on any atom is -0.497 e. The Morgan fingerprint density at radius 2 is 2.07 bits per heavy atom. The molecule has 1 aliphatic heterocycles. The van der Waals surface area contributed by atoms with Crippen molar-refractivity contribution in [2.75, 3.05) is 13.9 Å². The van der Waals surface area contributed by atoms with Gasteiger partial charge in [-0.1, -0.05) is 23.4 Å². The predicted octanol–water partition coefficient (Wildman–Crippen LogP) is 2.72. The van der Waals surface area contributed by atoms with Gasteiger partial charge in [-0.2, -0.15) is 4.98 Å². The van der Waals surface area contributed by atoms with Gasteiger partial charge in [0.1, 0.15) is 5.75 Å². The highest BCUT2D eigenvalue weighted by molar-refractivity contribution is 5.76. The number of amides is 1. The third-order valence-corrected chi connectivity index (χ3v) is 4.31. The number of rotatable bonds is 7. The number of hydrogen-bond donors (Lipinski definition) is 1. The summed E-state index contributed by atoms with van der Waals surface area (Å²) in [6.45, 7) is 0.415. The average Bonchev–Trinajstić information content (AvgIpc) is 3.39. The lowest BCUT2D eigenvalue weighted by Crippen LogP contribution is -2.23. The molecular weight excluding hydrogens is 362 g/mol. The van der Waals surface area contributed by atoms with Gasteiger partial charge in [0.05, 0.1) is 13.7 Å². The number of carbonyl (C=O) groups is 1. The fourth-order valence-electron chi connectivity index (χ4n) is 2.82. The number of aryl methyl sites for hydroxylation is 1. The van der Waals surface area contributed by atoms with Crippen LogP contribution in [0.1, 0.15) is 17.9 Å². The Hall–Kier alpha value is -3.55. The molecule has 4 rings (SSSR count). The zero-order valence-corrected chi connectivity index (χ0v) is 15.3. The standard InChI is InChI=1S/C20H19N3O5/c1-25-15-4-2-3-14(10-15)20-22-19(28-23-20)11-21-18(24)8-6-13-5-7-16-17(9-13)27-12-26-16/h2-5,7,9-10H,6,8,11-12H2,1H3,(H,21,24). The second-order valence-electron chi connectivity index (χ2n) is 6.21. The minimum atomic E-state index is -0.0983. The van der Waals surface area contributed by atoms with Crippen LogP contribution in [0.4, 0.5) is 0 Å². The van der Waals surface area contributed by atoms with Crippen molar-refractivity contribution >= 4 is 5.91 Å². The van der Waals surface area contributed by atoms with Crippen molar-refractivity contribution in [2.45, 2.75) is 19.4 Å². The monoisotopic (exact) mass is 381 g/mol. The summed E-state index contributed by atoms with van der Waals surface area (Å²) in [5.74, 6) is 2.85. The molecule has 3 aromatic rings. The maximum atomic E-state index is 12.1. The van der Waals surface area contributed by atoms with Gasteiger partial charge in [-0.25, -0.2) is 0 Å². The summed E-state index contributed by atoms with van der Waals surface area (Å²) in [6, 6.07) is 13.0. The molecule has 2 aromatic carbocycles. The molecule has 8 nitrogen and oxygen atoms in total. The third-order valence-electron chi connectivity index (χ3n) is 4.31. The zero-order chi connectivity index (χ0) is 19.3. The van der Waals surface area contributed by atoms with Crippen LogP contribution >= 0.6 is 0 Å². The largest absolute Gasteiger partial charge is 0.497 e. The van der Waals surface area contributed by atoms with Crippen molar-refractivity contribution < 1.29 is 23.5 Å². The van der Waals surface area contributed by atoms with E-state index in [9.17, 15) is 4.79 Å². The lowest BCUT2D eigenvalue weighted by atomic mass is 10.1. The summed E-state index contributed by atoms with van der Waals surface area (Å²) in [7, 11) is 1.60. The van der Waals surface area contributed by atoms with Crippen LogP contribution in [0.15, 0.2) is 47.0 Å². The number of nitrogens with one attached hydrogen (secondary N) is 1. The van der Waals surface area contributed by atoms with Crippen molar-refractivity contribution in [2.24, 2.45) is 0 Å². The van der Waals surface area contributed by atoms with Gasteiger partial charge in [0.15, 0.2) is 11.5 Å². The molecule has 0 saturated heterocycles. The zero-order valence-electron chi connectivity index (χ0n) is 15.3. The molecule has 0 bridgehead atoms. The van der Waals surface area contributed by atoms with Crippen LogP contribution in [0.3, 0.4) is 0 Å². The molecule has 8 heteroatoms. The van der Waals surface area contributed by atoms with E-state index in [4.69, 9.17) is 18.7 Å². The summed E-state index contributed by atoms with van der Waals surface area (Å²) >= 11 is 0. The van der Waals surface area contributed by atoms with Crippen LogP contribution in [-0.4, -0.2) is 30.0 Å².